The first-order valence-corrected chi connectivity index (χ1v) is 6.88. The molecule has 2 aromatic rings. The van der Waals surface area contributed by atoms with Gasteiger partial charge in [0.25, 0.3) is 5.91 Å². The lowest BCUT2D eigenvalue weighted by atomic mass is 10.1. The van der Waals surface area contributed by atoms with E-state index in [2.05, 4.69) is 26.5 Å². The monoisotopic (exact) mass is 348 g/mol. The highest BCUT2D eigenvalue weighted by molar-refractivity contribution is 9.10. The van der Waals surface area contributed by atoms with E-state index in [0.717, 1.165) is 5.56 Å². The number of carbonyl (C=O) groups is 1. The van der Waals surface area contributed by atoms with Crippen LogP contribution in [0.15, 0.2) is 46.0 Å². The van der Waals surface area contributed by atoms with Crippen LogP contribution in [0, 0.1) is 6.92 Å². The van der Waals surface area contributed by atoms with Gasteiger partial charge >= 0.3 is 0 Å². The van der Waals surface area contributed by atoms with E-state index < -0.39 is 0 Å². The van der Waals surface area contributed by atoms with Crippen molar-refractivity contribution >= 4 is 28.1 Å². The van der Waals surface area contributed by atoms with Crippen LogP contribution in [0.2, 0.25) is 0 Å². The molecule has 0 unspecified atom stereocenters. The quantitative estimate of drug-likeness (QED) is 0.453. The topological polar surface area (TPSA) is 81.9 Å². The average Bonchev–Trinajstić information content (AvgIpc) is 2.44. The number of hydrogen-bond acceptors (Lipinski definition) is 4. The van der Waals surface area contributed by atoms with Gasteiger partial charge < -0.3 is 10.2 Å². The third-order valence-electron chi connectivity index (χ3n) is 2.77. The molecule has 3 N–H and O–H groups in total. The zero-order valence-corrected chi connectivity index (χ0v) is 12.8. The van der Waals surface area contributed by atoms with Crippen LogP contribution in [0.1, 0.15) is 21.5 Å². The van der Waals surface area contributed by atoms with Crippen molar-refractivity contribution in [3.63, 3.8) is 0 Å². The van der Waals surface area contributed by atoms with Gasteiger partial charge in [0, 0.05) is 15.6 Å². The Morgan fingerprint density at radius 3 is 2.57 bits per heavy atom. The van der Waals surface area contributed by atoms with E-state index in [1.165, 1.54) is 12.3 Å². The van der Waals surface area contributed by atoms with Gasteiger partial charge in [-0.25, -0.2) is 5.43 Å². The molecule has 6 heteroatoms. The summed E-state index contributed by atoms with van der Waals surface area (Å²) in [6.45, 7) is 1.93. The number of aromatic hydroxyl groups is 2. The van der Waals surface area contributed by atoms with Crippen molar-refractivity contribution in [1.82, 2.24) is 5.43 Å². The van der Waals surface area contributed by atoms with E-state index in [-0.39, 0.29) is 23.0 Å². The average molecular weight is 349 g/mol. The third-order valence-corrected chi connectivity index (χ3v) is 3.23. The van der Waals surface area contributed by atoms with Crippen LogP contribution in [-0.2, 0) is 0 Å². The predicted octanol–water partition coefficient (Wildman–Crippen LogP) is 2.93. The summed E-state index contributed by atoms with van der Waals surface area (Å²) in [5, 5.41) is 22.9. The lowest BCUT2D eigenvalue weighted by Crippen LogP contribution is -2.17. The maximum absolute atomic E-state index is 11.8. The number of nitrogens with one attached hydrogen (secondary N) is 1. The zero-order chi connectivity index (χ0) is 15.4. The highest BCUT2D eigenvalue weighted by atomic mass is 79.9. The van der Waals surface area contributed by atoms with E-state index in [0.29, 0.717) is 10.0 Å². The molecule has 2 rings (SSSR count). The first-order valence-electron chi connectivity index (χ1n) is 6.09. The molecule has 0 aliphatic heterocycles. The van der Waals surface area contributed by atoms with Crippen LogP contribution in [-0.4, -0.2) is 22.3 Å². The number of phenolic OH excluding ortho intramolecular Hbond substituents is 2. The second kappa shape index (κ2) is 6.41. The summed E-state index contributed by atoms with van der Waals surface area (Å²) in [6, 6.07) is 9.98. The van der Waals surface area contributed by atoms with Gasteiger partial charge in [-0.05, 0) is 31.2 Å². The van der Waals surface area contributed by atoms with Crippen LogP contribution < -0.4 is 5.43 Å². The number of aryl methyl sites for hydroxylation is 1. The first kappa shape index (κ1) is 15.1. The summed E-state index contributed by atoms with van der Waals surface area (Å²) in [7, 11) is 0. The zero-order valence-electron chi connectivity index (χ0n) is 11.2. The molecule has 0 aliphatic rings. The molecule has 0 atom stereocenters. The third kappa shape index (κ3) is 3.82. The molecule has 2 aromatic carbocycles. The molecule has 0 saturated carbocycles. The second-order valence-electron chi connectivity index (χ2n) is 4.43. The summed E-state index contributed by atoms with van der Waals surface area (Å²) in [5.41, 5.74) is 4.18. The van der Waals surface area contributed by atoms with Crippen molar-refractivity contribution in [2.24, 2.45) is 5.10 Å². The molecule has 0 fully saturated rings. The minimum Gasteiger partial charge on any atom is -0.504 e. The van der Waals surface area contributed by atoms with Gasteiger partial charge in [0.1, 0.15) is 0 Å². The maximum Gasteiger partial charge on any atom is 0.271 e. The van der Waals surface area contributed by atoms with Crippen LogP contribution >= 0.6 is 15.9 Å². The fourth-order valence-corrected chi connectivity index (χ4v) is 2.10. The summed E-state index contributed by atoms with van der Waals surface area (Å²) in [6.07, 6.45) is 1.26. The van der Waals surface area contributed by atoms with Crippen LogP contribution in [0.3, 0.4) is 0 Å². The Morgan fingerprint density at radius 2 is 1.90 bits per heavy atom. The Balaban J connectivity index is 2.09. The molecule has 5 nitrogen and oxygen atoms in total. The number of benzene rings is 2. The molecule has 0 spiro atoms. The predicted molar refractivity (Wildman–Crippen MR) is 83.7 cm³/mol. The Labute approximate surface area is 130 Å². The Morgan fingerprint density at radius 1 is 1.24 bits per heavy atom. The summed E-state index contributed by atoms with van der Waals surface area (Å²) >= 11 is 3.19. The molecule has 0 aromatic heterocycles. The van der Waals surface area contributed by atoms with Crippen molar-refractivity contribution in [2.45, 2.75) is 6.92 Å². The molecular weight excluding hydrogens is 336 g/mol. The van der Waals surface area contributed by atoms with E-state index >= 15 is 0 Å². The van der Waals surface area contributed by atoms with Gasteiger partial charge in [-0.3, -0.25) is 4.79 Å². The van der Waals surface area contributed by atoms with Crippen molar-refractivity contribution in [1.29, 1.82) is 0 Å². The molecule has 108 valence electrons. The van der Waals surface area contributed by atoms with Gasteiger partial charge in [0.05, 0.1) is 6.21 Å². The molecule has 0 bridgehead atoms. The highest BCUT2D eigenvalue weighted by Crippen LogP contribution is 2.31. The summed E-state index contributed by atoms with van der Waals surface area (Å²) in [4.78, 5) is 11.8. The highest BCUT2D eigenvalue weighted by Gasteiger charge is 2.07. The number of hydrogen-bond donors (Lipinski definition) is 3. The van der Waals surface area contributed by atoms with Crippen molar-refractivity contribution in [2.75, 3.05) is 0 Å². The molecule has 0 heterocycles. The lowest BCUT2D eigenvalue weighted by Gasteiger charge is -2.03. The molecule has 0 saturated heterocycles. The number of phenols is 2. The molecule has 21 heavy (non-hydrogen) atoms. The number of rotatable bonds is 3. The van der Waals surface area contributed by atoms with Gasteiger partial charge in [0.15, 0.2) is 11.5 Å². The number of halogens is 1. The van der Waals surface area contributed by atoms with E-state index in [9.17, 15) is 15.0 Å². The number of nitrogens with zero attached hydrogens (tertiary/aromatic N) is 1. The number of amides is 1. The molecule has 0 radical (unpaired) electrons. The fraction of sp³-hybridized carbons (Fsp3) is 0.0667. The molecule has 1 amide bonds. The van der Waals surface area contributed by atoms with Crippen molar-refractivity contribution in [3.05, 3.63) is 57.6 Å². The SMILES string of the molecule is Cc1ccc(C(=O)N/N=C/c2cc(Br)cc(O)c2O)cc1. The van der Waals surface area contributed by atoms with Crippen LogP contribution in [0.4, 0.5) is 0 Å². The van der Waals surface area contributed by atoms with E-state index in [1.54, 1.807) is 18.2 Å². The van der Waals surface area contributed by atoms with Crippen LogP contribution in [0.5, 0.6) is 11.5 Å². The minimum absolute atomic E-state index is 0.268. The molecular formula is C15H13BrN2O3. The lowest BCUT2D eigenvalue weighted by molar-refractivity contribution is 0.0955. The van der Waals surface area contributed by atoms with Gasteiger partial charge in [-0.1, -0.05) is 33.6 Å². The second-order valence-corrected chi connectivity index (χ2v) is 5.34. The first-order chi connectivity index (χ1) is 9.97. The molecule has 0 aliphatic carbocycles. The van der Waals surface area contributed by atoms with Gasteiger partial charge in [0.2, 0.25) is 0 Å². The smallest absolute Gasteiger partial charge is 0.271 e. The van der Waals surface area contributed by atoms with Gasteiger partial charge in [-0.15, -0.1) is 0 Å². The van der Waals surface area contributed by atoms with Crippen molar-refractivity contribution < 1.29 is 15.0 Å². The van der Waals surface area contributed by atoms with E-state index in [1.807, 2.05) is 19.1 Å². The Bertz CT molecular complexity index is 697. The van der Waals surface area contributed by atoms with Gasteiger partial charge in [-0.2, -0.15) is 5.10 Å². The Kier molecular flexibility index (Phi) is 4.59. The largest absolute Gasteiger partial charge is 0.504 e. The fourth-order valence-electron chi connectivity index (χ4n) is 1.63. The summed E-state index contributed by atoms with van der Waals surface area (Å²) < 4.78 is 0.587. The van der Waals surface area contributed by atoms with Crippen molar-refractivity contribution in [3.8, 4) is 11.5 Å². The number of hydrazone groups is 1. The normalized spacial score (nSPS) is 10.8. The standard InChI is InChI=1S/C15H13BrN2O3/c1-9-2-4-10(5-3-9)15(21)18-17-8-11-6-12(16)7-13(19)14(11)20/h2-8,19-20H,1H3,(H,18,21)/b17-8+. The van der Waals surface area contributed by atoms with E-state index in [4.69, 9.17) is 0 Å². The number of carbonyl (C=O) groups excluding carboxylic acids is 1. The summed E-state index contributed by atoms with van der Waals surface area (Å²) in [5.74, 6) is -0.924. The maximum atomic E-state index is 11.8. The Hall–Kier alpha value is -2.34. The van der Waals surface area contributed by atoms with Crippen LogP contribution in [0.25, 0.3) is 0 Å². The minimum atomic E-state index is -0.357.